The van der Waals surface area contributed by atoms with Crippen LogP contribution in [0, 0.1) is 13.8 Å². The maximum atomic E-state index is 13.2. The molecule has 2 aromatic carbocycles. The van der Waals surface area contributed by atoms with Gasteiger partial charge in [-0.1, -0.05) is 36.4 Å². The number of carbonyl (C=O) groups is 2. The molecule has 0 bridgehead atoms. The normalized spacial score (nSPS) is 10.8. The van der Waals surface area contributed by atoms with Gasteiger partial charge >= 0.3 is 0 Å². The molecule has 1 N–H and O–H groups in total. The van der Waals surface area contributed by atoms with Gasteiger partial charge in [-0.15, -0.1) is 0 Å². The fourth-order valence-electron chi connectivity index (χ4n) is 3.33. The summed E-state index contributed by atoms with van der Waals surface area (Å²) in [6.45, 7) is 3.90. The van der Waals surface area contributed by atoms with Gasteiger partial charge in [0.1, 0.15) is 0 Å². The number of pyridine rings is 1. The molecule has 6 nitrogen and oxygen atoms in total. The summed E-state index contributed by atoms with van der Waals surface area (Å²) in [5.74, 6) is -0.468. The van der Waals surface area contributed by atoms with E-state index in [0.717, 1.165) is 22.5 Å². The Bertz CT molecular complexity index is 1240. The van der Waals surface area contributed by atoms with Crippen LogP contribution in [0.15, 0.2) is 72.9 Å². The third-order valence-corrected chi connectivity index (χ3v) is 5.04. The molecule has 0 aliphatic heterocycles. The minimum absolute atomic E-state index is 0.183. The van der Waals surface area contributed by atoms with Gasteiger partial charge in [-0.05, 0) is 55.3 Å². The average Bonchev–Trinajstić information content (AvgIpc) is 3.16. The Hall–Kier alpha value is -3.93. The zero-order chi connectivity index (χ0) is 21.3. The molecule has 0 fully saturated rings. The Kier molecular flexibility index (Phi) is 5.06. The fraction of sp³-hybridized carbons (Fsp3) is 0.125. The largest absolute Gasteiger partial charge is 0.320 e. The van der Waals surface area contributed by atoms with Crippen LogP contribution in [0.4, 0.5) is 11.4 Å². The molecule has 2 heterocycles. The van der Waals surface area contributed by atoms with E-state index in [2.05, 4.69) is 10.3 Å². The topological polar surface area (TPSA) is 66.7 Å². The van der Waals surface area contributed by atoms with Crippen molar-refractivity contribution in [1.29, 1.82) is 0 Å². The molecule has 0 saturated carbocycles. The lowest BCUT2D eigenvalue weighted by Crippen LogP contribution is -2.28. The van der Waals surface area contributed by atoms with Gasteiger partial charge in [0.15, 0.2) is 5.69 Å². The van der Waals surface area contributed by atoms with E-state index < -0.39 is 0 Å². The van der Waals surface area contributed by atoms with Gasteiger partial charge in [-0.25, -0.2) is 4.98 Å². The van der Waals surface area contributed by atoms with Crippen molar-refractivity contribution in [3.8, 4) is 0 Å². The Balaban J connectivity index is 1.73. The first-order valence-electron chi connectivity index (χ1n) is 9.64. The smallest absolute Gasteiger partial charge is 0.294 e. The molecule has 2 aromatic heterocycles. The molecular weight excluding hydrogens is 376 g/mol. The zero-order valence-corrected chi connectivity index (χ0v) is 17.1. The van der Waals surface area contributed by atoms with Crippen LogP contribution in [-0.2, 0) is 0 Å². The average molecular weight is 398 g/mol. The van der Waals surface area contributed by atoms with Gasteiger partial charge in [-0.2, -0.15) is 0 Å². The highest BCUT2D eigenvalue weighted by Crippen LogP contribution is 2.21. The highest BCUT2D eigenvalue weighted by atomic mass is 16.2. The molecule has 0 aliphatic carbocycles. The van der Waals surface area contributed by atoms with Gasteiger partial charge in [0.05, 0.1) is 5.52 Å². The predicted molar refractivity (Wildman–Crippen MR) is 118 cm³/mol. The van der Waals surface area contributed by atoms with E-state index in [9.17, 15) is 9.59 Å². The second-order valence-corrected chi connectivity index (χ2v) is 7.21. The lowest BCUT2D eigenvalue weighted by atomic mass is 10.1. The Morgan fingerprint density at radius 3 is 2.47 bits per heavy atom. The lowest BCUT2D eigenvalue weighted by Gasteiger charge is -2.16. The van der Waals surface area contributed by atoms with Gasteiger partial charge in [-0.3, -0.25) is 14.0 Å². The van der Waals surface area contributed by atoms with Crippen LogP contribution in [0.5, 0.6) is 0 Å². The SMILES string of the molecule is Cc1ccc(C)c(NC(=O)c2nc(C(=O)N(C)c3ccccc3)n3ccccc23)c1. The van der Waals surface area contributed by atoms with Crippen molar-refractivity contribution in [2.24, 2.45) is 0 Å². The molecule has 0 saturated heterocycles. The van der Waals surface area contributed by atoms with Crippen molar-refractivity contribution in [2.75, 3.05) is 17.3 Å². The van der Waals surface area contributed by atoms with E-state index in [4.69, 9.17) is 0 Å². The number of hydrogen-bond donors (Lipinski definition) is 1. The zero-order valence-electron chi connectivity index (χ0n) is 17.1. The molecular formula is C24H22N4O2. The first-order chi connectivity index (χ1) is 14.5. The number of imidazole rings is 1. The van der Waals surface area contributed by atoms with Crippen molar-refractivity contribution >= 4 is 28.7 Å². The molecule has 2 amide bonds. The molecule has 4 aromatic rings. The number of rotatable bonds is 4. The minimum atomic E-state index is -0.353. The van der Waals surface area contributed by atoms with Crippen molar-refractivity contribution in [1.82, 2.24) is 9.38 Å². The van der Waals surface area contributed by atoms with Crippen molar-refractivity contribution in [2.45, 2.75) is 13.8 Å². The number of carbonyl (C=O) groups excluding carboxylic acids is 2. The van der Waals surface area contributed by atoms with Crippen LogP contribution < -0.4 is 10.2 Å². The van der Waals surface area contributed by atoms with Gasteiger partial charge in [0.25, 0.3) is 11.8 Å². The number of nitrogens with zero attached hydrogens (tertiary/aromatic N) is 3. The number of aryl methyl sites for hydroxylation is 2. The van der Waals surface area contributed by atoms with Crippen LogP contribution in [0.1, 0.15) is 32.2 Å². The van der Waals surface area contributed by atoms with E-state index in [1.54, 1.807) is 29.8 Å². The molecule has 30 heavy (non-hydrogen) atoms. The summed E-state index contributed by atoms with van der Waals surface area (Å²) in [4.78, 5) is 32.2. The summed E-state index contributed by atoms with van der Waals surface area (Å²) in [7, 11) is 1.69. The van der Waals surface area contributed by atoms with Crippen LogP contribution >= 0.6 is 0 Å². The van der Waals surface area contributed by atoms with E-state index in [0.29, 0.717) is 5.52 Å². The quantitative estimate of drug-likeness (QED) is 0.551. The van der Waals surface area contributed by atoms with E-state index in [-0.39, 0.29) is 23.3 Å². The molecule has 150 valence electrons. The van der Waals surface area contributed by atoms with Crippen LogP contribution in [0.3, 0.4) is 0 Å². The van der Waals surface area contributed by atoms with Crippen LogP contribution in [0.25, 0.3) is 5.52 Å². The first-order valence-corrected chi connectivity index (χ1v) is 9.64. The van der Waals surface area contributed by atoms with Crippen LogP contribution in [-0.4, -0.2) is 28.2 Å². The molecule has 0 atom stereocenters. The number of para-hydroxylation sites is 1. The summed E-state index contributed by atoms with van der Waals surface area (Å²) in [6, 6.07) is 20.6. The Morgan fingerprint density at radius 1 is 0.967 bits per heavy atom. The molecule has 0 spiro atoms. The summed E-state index contributed by atoms with van der Waals surface area (Å²) in [5.41, 5.74) is 4.26. The van der Waals surface area contributed by atoms with Crippen molar-refractivity contribution < 1.29 is 9.59 Å². The maximum Gasteiger partial charge on any atom is 0.294 e. The third-order valence-electron chi connectivity index (χ3n) is 5.04. The minimum Gasteiger partial charge on any atom is -0.320 e. The summed E-state index contributed by atoms with van der Waals surface area (Å²) in [5, 5.41) is 2.93. The Morgan fingerprint density at radius 2 is 1.70 bits per heavy atom. The van der Waals surface area contributed by atoms with Gasteiger partial charge in [0.2, 0.25) is 5.82 Å². The number of hydrogen-bond acceptors (Lipinski definition) is 3. The number of benzene rings is 2. The number of anilines is 2. The Labute approximate surface area is 174 Å². The summed E-state index contributed by atoms with van der Waals surface area (Å²) >= 11 is 0. The summed E-state index contributed by atoms with van der Waals surface area (Å²) in [6.07, 6.45) is 1.74. The van der Waals surface area contributed by atoms with Crippen molar-refractivity contribution in [3.05, 3.63) is 95.6 Å². The number of amides is 2. The lowest BCUT2D eigenvalue weighted by molar-refractivity contribution is 0.0982. The highest BCUT2D eigenvalue weighted by molar-refractivity contribution is 6.10. The van der Waals surface area contributed by atoms with E-state index in [1.165, 1.54) is 4.90 Å². The standard InChI is InChI=1S/C24H22N4O2/c1-16-12-13-17(2)19(15-16)25-23(29)21-20-11-7-8-14-28(20)22(26-21)24(30)27(3)18-9-5-4-6-10-18/h4-15H,1-3H3,(H,25,29). The summed E-state index contributed by atoms with van der Waals surface area (Å²) < 4.78 is 1.65. The first kappa shape index (κ1) is 19.4. The van der Waals surface area contributed by atoms with E-state index in [1.807, 2.05) is 68.4 Å². The van der Waals surface area contributed by atoms with Gasteiger partial charge < -0.3 is 10.2 Å². The highest BCUT2D eigenvalue weighted by Gasteiger charge is 2.24. The second-order valence-electron chi connectivity index (χ2n) is 7.21. The van der Waals surface area contributed by atoms with Gasteiger partial charge in [0, 0.05) is 24.6 Å². The number of nitrogens with one attached hydrogen (secondary N) is 1. The molecule has 6 heteroatoms. The monoisotopic (exact) mass is 398 g/mol. The fourth-order valence-corrected chi connectivity index (χ4v) is 3.33. The molecule has 4 rings (SSSR count). The molecule has 0 unspecified atom stereocenters. The number of fused-ring (bicyclic) bond motifs is 1. The van der Waals surface area contributed by atoms with Crippen molar-refractivity contribution in [3.63, 3.8) is 0 Å². The number of aromatic nitrogens is 2. The maximum absolute atomic E-state index is 13.2. The van der Waals surface area contributed by atoms with E-state index >= 15 is 0 Å². The molecule has 0 aliphatic rings. The third kappa shape index (κ3) is 3.55. The second kappa shape index (κ2) is 7.83. The molecule has 0 radical (unpaired) electrons. The van der Waals surface area contributed by atoms with Crippen LogP contribution in [0.2, 0.25) is 0 Å². The predicted octanol–water partition coefficient (Wildman–Crippen LogP) is 4.48.